The number of nitrogens with zero attached hydrogens (tertiary/aromatic N) is 2. The lowest BCUT2D eigenvalue weighted by atomic mass is 9.97. The number of thiazole rings is 1. The van der Waals surface area contributed by atoms with Gasteiger partial charge in [-0.3, -0.25) is 0 Å². The van der Waals surface area contributed by atoms with Crippen molar-refractivity contribution >= 4 is 11.3 Å². The molecule has 0 spiro atoms. The van der Waals surface area contributed by atoms with E-state index in [1.165, 1.54) is 16.9 Å². The summed E-state index contributed by atoms with van der Waals surface area (Å²) in [6.07, 6.45) is 1.14. The Kier molecular flexibility index (Phi) is 3.78. The molecule has 0 bridgehead atoms. The molecule has 0 aliphatic carbocycles. The highest BCUT2D eigenvalue weighted by Gasteiger charge is 2.11. The molecule has 92 valence electrons. The first-order valence-corrected chi connectivity index (χ1v) is 6.95. The summed E-state index contributed by atoms with van der Waals surface area (Å²) < 4.78 is 0. The molecule has 2 aromatic rings. The fourth-order valence-corrected chi connectivity index (χ4v) is 2.64. The summed E-state index contributed by atoms with van der Waals surface area (Å²) in [6, 6.07) is 10.6. The fourth-order valence-electron chi connectivity index (χ4n) is 1.90. The Bertz CT molecular complexity index is 576. The minimum Gasteiger partial charge on any atom is -0.240 e. The van der Waals surface area contributed by atoms with Gasteiger partial charge in [0.15, 0.2) is 0 Å². The van der Waals surface area contributed by atoms with Gasteiger partial charge in [-0.1, -0.05) is 38.1 Å². The van der Waals surface area contributed by atoms with Crippen LogP contribution in [-0.4, -0.2) is 4.98 Å². The van der Waals surface area contributed by atoms with E-state index in [0.717, 1.165) is 22.7 Å². The smallest absolute Gasteiger partial charge is 0.132 e. The van der Waals surface area contributed by atoms with Gasteiger partial charge in [-0.2, -0.15) is 5.26 Å². The monoisotopic (exact) mass is 256 g/mol. The van der Waals surface area contributed by atoms with Crippen LogP contribution in [0.15, 0.2) is 24.3 Å². The Labute approximate surface area is 112 Å². The summed E-state index contributed by atoms with van der Waals surface area (Å²) in [5, 5.41) is 10.0. The van der Waals surface area contributed by atoms with Gasteiger partial charge in [0.25, 0.3) is 0 Å². The number of benzene rings is 1. The summed E-state index contributed by atoms with van der Waals surface area (Å²) >= 11 is 1.45. The lowest BCUT2D eigenvalue weighted by Crippen LogP contribution is -1.91. The van der Waals surface area contributed by atoms with Crippen LogP contribution in [0.2, 0.25) is 0 Å². The number of aromatic nitrogens is 1. The average molecular weight is 256 g/mol. The zero-order valence-electron chi connectivity index (χ0n) is 10.9. The molecular formula is C15H16N2S. The van der Waals surface area contributed by atoms with E-state index in [1.54, 1.807) is 0 Å². The van der Waals surface area contributed by atoms with Gasteiger partial charge in [0.2, 0.25) is 0 Å². The molecule has 2 rings (SSSR count). The summed E-state index contributed by atoms with van der Waals surface area (Å²) in [5.41, 5.74) is 3.19. The number of hydrogen-bond donors (Lipinski definition) is 0. The Hall–Kier alpha value is -1.66. The van der Waals surface area contributed by atoms with Crippen molar-refractivity contribution in [2.45, 2.75) is 33.1 Å². The van der Waals surface area contributed by atoms with Crippen molar-refractivity contribution in [2.75, 3.05) is 0 Å². The number of hydrogen-bond acceptors (Lipinski definition) is 3. The molecule has 0 saturated carbocycles. The molecule has 0 aliphatic heterocycles. The van der Waals surface area contributed by atoms with Crippen LogP contribution < -0.4 is 0 Å². The van der Waals surface area contributed by atoms with Gasteiger partial charge in [-0.25, -0.2) is 4.98 Å². The van der Waals surface area contributed by atoms with Crippen molar-refractivity contribution in [3.05, 3.63) is 39.7 Å². The first kappa shape index (κ1) is 12.8. The summed E-state index contributed by atoms with van der Waals surface area (Å²) in [6.45, 7) is 6.35. The van der Waals surface area contributed by atoms with E-state index >= 15 is 0 Å². The van der Waals surface area contributed by atoms with E-state index in [0.29, 0.717) is 10.8 Å². The van der Waals surface area contributed by atoms with Crippen LogP contribution in [0, 0.1) is 18.3 Å². The van der Waals surface area contributed by atoms with Crippen molar-refractivity contribution in [3.63, 3.8) is 0 Å². The predicted molar refractivity (Wildman–Crippen MR) is 75.7 cm³/mol. The maximum atomic E-state index is 9.09. The SMILES string of the molecule is CCC(C)c1ccc(-c2nc(C)sc2C#N)cc1. The zero-order chi connectivity index (χ0) is 13.1. The average Bonchev–Trinajstić information content (AvgIpc) is 2.79. The molecule has 1 unspecified atom stereocenters. The van der Waals surface area contributed by atoms with Gasteiger partial charge < -0.3 is 0 Å². The quantitative estimate of drug-likeness (QED) is 0.810. The summed E-state index contributed by atoms with van der Waals surface area (Å²) in [7, 11) is 0. The second kappa shape index (κ2) is 5.32. The molecule has 1 atom stereocenters. The first-order valence-electron chi connectivity index (χ1n) is 6.13. The fraction of sp³-hybridized carbons (Fsp3) is 0.333. The van der Waals surface area contributed by atoms with Crippen LogP contribution in [-0.2, 0) is 0 Å². The van der Waals surface area contributed by atoms with Gasteiger partial charge in [0.1, 0.15) is 10.9 Å². The van der Waals surface area contributed by atoms with E-state index in [9.17, 15) is 0 Å². The highest BCUT2D eigenvalue weighted by atomic mass is 32.1. The maximum Gasteiger partial charge on any atom is 0.132 e. The molecule has 0 N–H and O–H groups in total. The molecule has 1 aromatic carbocycles. The van der Waals surface area contributed by atoms with Crippen molar-refractivity contribution < 1.29 is 0 Å². The second-order valence-electron chi connectivity index (χ2n) is 4.45. The third-order valence-corrected chi connectivity index (χ3v) is 4.08. The second-order valence-corrected chi connectivity index (χ2v) is 5.66. The summed E-state index contributed by atoms with van der Waals surface area (Å²) in [4.78, 5) is 5.14. The highest BCUT2D eigenvalue weighted by Crippen LogP contribution is 2.29. The molecule has 1 heterocycles. The van der Waals surface area contributed by atoms with Gasteiger partial charge in [-0.15, -0.1) is 11.3 Å². The van der Waals surface area contributed by atoms with Crippen molar-refractivity contribution in [2.24, 2.45) is 0 Å². The Balaban J connectivity index is 2.37. The van der Waals surface area contributed by atoms with E-state index in [-0.39, 0.29) is 0 Å². The Morgan fingerprint density at radius 1 is 1.33 bits per heavy atom. The van der Waals surface area contributed by atoms with Crippen LogP contribution in [0.3, 0.4) is 0 Å². The van der Waals surface area contributed by atoms with Gasteiger partial charge in [0.05, 0.1) is 10.7 Å². The molecule has 0 aliphatic rings. The van der Waals surface area contributed by atoms with E-state index in [1.807, 2.05) is 6.92 Å². The lowest BCUT2D eigenvalue weighted by molar-refractivity contribution is 0.734. The van der Waals surface area contributed by atoms with Crippen molar-refractivity contribution in [3.8, 4) is 17.3 Å². The Morgan fingerprint density at radius 2 is 2.00 bits per heavy atom. The molecular weight excluding hydrogens is 240 g/mol. The standard InChI is InChI=1S/C15H16N2S/c1-4-10(2)12-5-7-13(8-6-12)15-14(9-16)18-11(3)17-15/h5-8,10H,4H2,1-3H3. The zero-order valence-corrected chi connectivity index (χ0v) is 11.7. The molecule has 3 heteroatoms. The first-order chi connectivity index (χ1) is 8.65. The minimum atomic E-state index is 0.576. The largest absolute Gasteiger partial charge is 0.240 e. The van der Waals surface area contributed by atoms with Crippen molar-refractivity contribution in [1.29, 1.82) is 5.26 Å². The van der Waals surface area contributed by atoms with Gasteiger partial charge in [0, 0.05) is 5.56 Å². The molecule has 0 amide bonds. The van der Waals surface area contributed by atoms with Crippen LogP contribution in [0.5, 0.6) is 0 Å². The number of aryl methyl sites for hydroxylation is 1. The van der Waals surface area contributed by atoms with Crippen LogP contribution in [0.25, 0.3) is 11.3 Å². The van der Waals surface area contributed by atoms with Crippen molar-refractivity contribution in [1.82, 2.24) is 4.98 Å². The molecule has 0 radical (unpaired) electrons. The molecule has 18 heavy (non-hydrogen) atoms. The molecule has 0 saturated heterocycles. The van der Waals surface area contributed by atoms with Gasteiger partial charge in [-0.05, 0) is 24.8 Å². The highest BCUT2D eigenvalue weighted by molar-refractivity contribution is 7.12. The van der Waals surface area contributed by atoms with E-state index in [4.69, 9.17) is 5.26 Å². The topological polar surface area (TPSA) is 36.7 Å². The molecule has 1 aromatic heterocycles. The normalized spacial score (nSPS) is 12.1. The third-order valence-electron chi connectivity index (χ3n) is 3.20. The van der Waals surface area contributed by atoms with Crippen LogP contribution >= 0.6 is 11.3 Å². The summed E-state index contributed by atoms with van der Waals surface area (Å²) in [5.74, 6) is 0.576. The van der Waals surface area contributed by atoms with E-state index in [2.05, 4.69) is 49.2 Å². The Morgan fingerprint density at radius 3 is 2.56 bits per heavy atom. The minimum absolute atomic E-state index is 0.576. The third kappa shape index (κ3) is 2.44. The van der Waals surface area contributed by atoms with E-state index < -0.39 is 0 Å². The van der Waals surface area contributed by atoms with Crippen LogP contribution in [0.4, 0.5) is 0 Å². The van der Waals surface area contributed by atoms with Gasteiger partial charge >= 0.3 is 0 Å². The molecule has 2 nitrogen and oxygen atoms in total. The maximum absolute atomic E-state index is 9.09. The predicted octanol–water partition coefficient (Wildman–Crippen LogP) is 4.50. The van der Waals surface area contributed by atoms with Crippen LogP contribution in [0.1, 0.15) is 41.6 Å². The number of rotatable bonds is 3. The lowest BCUT2D eigenvalue weighted by Gasteiger charge is -2.09. The number of nitriles is 1. The molecule has 0 fully saturated rings.